The molecule has 0 atom stereocenters. The molecule has 0 radical (unpaired) electrons. The predicted octanol–water partition coefficient (Wildman–Crippen LogP) is 2.27. The van der Waals surface area contributed by atoms with E-state index < -0.39 is 0 Å². The van der Waals surface area contributed by atoms with Gasteiger partial charge in [0.1, 0.15) is 5.82 Å². The summed E-state index contributed by atoms with van der Waals surface area (Å²) in [4.78, 5) is 12.4. The third-order valence-electron chi connectivity index (χ3n) is 2.22. The molecule has 0 unspecified atom stereocenters. The Kier molecular flexibility index (Phi) is 4.06. The lowest BCUT2D eigenvalue weighted by molar-refractivity contribution is 0.230. The highest BCUT2D eigenvalue weighted by Gasteiger charge is 2.06. The third-order valence-corrected chi connectivity index (χ3v) is 2.22. The molecule has 5 nitrogen and oxygen atoms in total. The summed E-state index contributed by atoms with van der Waals surface area (Å²) in [6.07, 6.45) is 6.80. The maximum absolute atomic E-state index is 5.65. The van der Waals surface area contributed by atoms with Crippen molar-refractivity contribution in [3.63, 3.8) is 0 Å². The number of pyridine rings is 1. The van der Waals surface area contributed by atoms with Crippen LogP contribution in [-0.4, -0.2) is 21.1 Å². The zero-order valence-corrected chi connectivity index (χ0v) is 10.5. The smallest absolute Gasteiger partial charge is 0.218 e. The van der Waals surface area contributed by atoms with Crippen LogP contribution in [0, 0.1) is 0 Å². The van der Waals surface area contributed by atoms with Crippen LogP contribution in [0.2, 0.25) is 0 Å². The maximum atomic E-state index is 5.65. The zero-order valence-electron chi connectivity index (χ0n) is 10.5. The number of hydrogen-bond acceptors (Lipinski definition) is 5. The Labute approximate surface area is 106 Å². The minimum atomic E-state index is 0.107. The number of anilines is 1. The van der Waals surface area contributed by atoms with Gasteiger partial charge in [-0.1, -0.05) is 6.07 Å². The molecule has 94 valence electrons. The summed E-state index contributed by atoms with van der Waals surface area (Å²) >= 11 is 0. The summed E-state index contributed by atoms with van der Waals surface area (Å²) in [5, 5.41) is 3.18. The molecule has 2 aromatic heterocycles. The number of ether oxygens (including phenoxy) is 1. The van der Waals surface area contributed by atoms with E-state index in [1.165, 1.54) is 0 Å². The second-order valence-electron chi connectivity index (χ2n) is 4.08. The van der Waals surface area contributed by atoms with Gasteiger partial charge in [-0.05, 0) is 19.9 Å². The first-order chi connectivity index (χ1) is 8.75. The molecule has 5 heteroatoms. The van der Waals surface area contributed by atoms with Gasteiger partial charge in [0.15, 0.2) is 0 Å². The molecular weight excluding hydrogens is 228 g/mol. The van der Waals surface area contributed by atoms with Crippen molar-refractivity contribution in [1.82, 2.24) is 15.0 Å². The Morgan fingerprint density at radius 2 is 2.11 bits per heavy atom. The van der Waals surface area contributed by atoms with E-state index in [1.807, 2.05) is 26.0 Å². The largest absolute Gasteiger partial charge is 0.475 e. The van der Waals surface area contributed by atoms with Crippen molar-refractivity contribution in [2.45, 2.75) is 26.5 Å². The number of aromatic nitrogens is 3. The normalized spacial score (nSPS) is 10.4. The molecule has 0 amide bonds. The monoisotopic (exact) mass is 244 g/mol. The zero-order chi connectivity index (χ0) is 12.8. The minimum absolute atomic E-state index is 0.107. The fourth-order valence-electron chi connectivity index (χ4n) is 1.46. The minimum Gasteiger partial charge on any atom is -0.475 e. The summed E-state index contributed by atoms with van der Waals surface area (Å²) in [7, 11) is 0. The average molecular weight is 244 g/mol. The van der Waals surface area contributed by atoms with Crippen LogP contribution in [0.25, 0.3) is 0 Å². The lowest BCUT2D eigenvalue weighted by Crippen LogP contribution is -2.11. The highest BCUT2D eigenvalue weighted by Crippen LogP contribution is 2.16. The second kappa shape index (κ2) is 5.95. The van der Waals surface area contributed by atoms with Gasteiger partial charge in [-0.3, -0.25) is 4.98 Å². The van der Waals surface area contributed by atoms with Crippen LogP contribution in [0.3, 0.4) is 0 Å². The van der Waals surface area contributed by atoms with E-state index in [1.54, 1.807) is 24.8 Å². The van der Waals surface area contributed by atoms with Gasteiger partial charge in [-0.15, -0.1) is 0 Å². The Bertz CT molecular complexity index is 487. The van der Waals surface area contributed by atoms with E-state index in [4.69, 9.17) is 4.74 Å². The molecule has 0 aliphatic heterocycles. The molecule has 0 saturated carbocycles. The van der Waals surface area contributed by atoms with Gasteiger partial charge >= 0.3 is 0 Å². The Balaban J connectivity index is 2.05. The summed E-state index contributed by atoms with van der Waals surface area (Å²) in [5.41, 5.74) is 0.997. The first kappa shape index (κ1) is 12.3. The summed E-state index contributed by atoms with van der Waals surface area (Å²) in [6, 6.07) is 3.87. The van der Waals surface area contributed by atoms with Crippen molar-refractivity contribution >= 4 is 5.82 Å². The number of rotatable bonds is 5. The van der Waals surface area contributed by atoms with Crippen LogP contribution in [-0.2, 0) is 6.54 Å². The molecule has 2 rings (SSSR count). The van der Waals surface area contributed by atoms with Crippen molar-refractivity contribution in [2.75, 3.05) is 5.32 Å². The van der Waals surface area contributed by atoms with Gasteiger partial charge in [0, 0.05) is 30.7 Å². The Morgan fingerprint density at radius 1 is 1.22 bits per heavy atom. The van der Waals surface area contributed by atoms with Crippen LogP contribution in [0.15, 0.2) is 36.9 Å². The van der Waals surface area contributed by atoms with Crippen molar-refractivity contribution in [3.05, 3.63) is 42.5 Å². The molecule has 0 aliphatic rings. The maximum Gasteiger partial charge on any atom is 0.218 e. The number of nitrogens with zero attached hydrogens (tertiary/aromatic N) is 3. The lowest BCUT2D eigenvalue weighted by Gasteiger charge is -2.13. The van der Waals surface area contributed by atoms with Gasteiger partial charge in [-0.25, -0.2) is 9.97 Å². The first-order valence-corrected chi connectivity index (χ1v) is 5.86. The van der Waals surface area contributed by atoms with E-state index in [-0.39, 0.29) is 6.10 Å². The quantitative estimate of drug-likeness (QED) is 0.874. The van der Waals surface area contributed by atoms with E-state index in [0.29, 0.717) is 12.4 Å². The van der Waals surface area contributed by atoms with Crippen LogP contribution >= 0.6 is 0 Å². The molecule has 1 N–H and O–H groups in total. The predicted molar refractivity (Wildman–Crippen MR) is 69.4 cm³/mol. The molecule has 0 aromatic carbocycles. The van der Waals surface area contributed by atoms with Crippen LogP contribution in [0.1, 0.15) is 19.4 Å². The van der Waals surface area contributed by atoms with E-state index in [2.05, 4.69) is 20.3 Å². The van der Waals surface area contributed by atoms with Crippen molar-refractivity contribution in [2.24, 2.45) is 0 Å². The van der Waals surface area contributed by atoms with Gasteiger partial charge in [0.25, 0.3) is 0 Å². The topological polar surface area (TPSA) is 59.9 Å². The molecule has 0 fully saturated rings. The number of hydrogen-bond donors (Lipinski definition) is 1. The third kappa shape index (κ3) is 3.41. The van der Waals surface area contributed by atoms with Crippen LogP contribution in [0.4, 0.5) is 5.82 Å². The molecular formula is C13H16N4O. The molecule has 0 bridgehead atoms. The van der Waals surface area contributed by atoms with Gasteiger partial charge in [-0.2, -0.15) is 0 Å². The Morgan fingerprint density at radius 3 is 2.83 bits per heavy atom. The highest BCUT2D eigenvalue weighted by atomic mass is 16.5. The average Bonchev–Trinajstić information content (AvgIpc) is 2.38. The fourth-order valence-corrected chi connectivity index (χ4v) is 1.46. The molecule has 0 aliphatic carbocycles. The van der Waals surface area contributed by atoms with Gasteiger partial charge in [0.2, 0.25) is 5.88 Å². The second-order valence-corrected chi connectivity index (χ2v) is 4.08. The molecule has 2 aromatic rings. The number of nitrogens with one attached hydrogen (secondary N) is 1. The fraction of sp³-hybridized carbons (Fsp3) is 0.308. The summed E-state index contributed by atoms with van der Waals surface area (Å²) in [5.74, 6) is 1.39. The van der Waals surface area contributed by atoms with E-state index in [0.717, 1.165) is 11.4 Å². The first-order valence-electron chi connectivity index (χ1n) is 5.86. The Hall–Kier alpha value is -2.17. The SMILES string of the molecule is CC(C)Oc1ncccc1CNc1cnccn1. The van der Waals surface area contributed by atoms with Crippen molar-refractivity contribution in [1.29, 1.82) is 0 Å². The summed E-state index contributed by atoms with van der Waals surface area (Å²) < 4.78 is 5.65. The van der Waals surface area contributed by atoms with Gasteiger partial charge in [0.05, 0.1) is 12.3 Å². The van der Waals surface area contributed by atoms with Crippen molar-refractivity contribution < 1.29 is 4.74 Å². The summed E-state index contributed by atoms with van der Waals surface area (Å²) in [6.45, 7) is 4.57. The van der Waals surface area contributed by atoms with E-state index in [9.17, 15) is 0 Å². The van der Waals surface area contributed by atoms with Crippen LogP contribution in [0.5, 0.6) is 5.88 Å². The van der Waals surface area contributed by atoms with Gasteiger partial charge < -0.3 is 10.1 Å². The molecule has 0 spiro atoms. The molecule has 2 heterocycles. The molecule has 0 saturated heterocycles. The van der Waals surface area contributed by atoms with Crippen LogP contribution < -0.4 is 10.1 Å². The highest BCUT2D eigenvalue weighted by molar-refractivity contribution is 5.34. The standard InChI is InChI=1S/C13H16N4O/c1-10(2)18-13-11(4-3-5-16-13)8-17-12-9-14-6-7-15-12/h3-7,9-10H,8H2,1-2H3,(H,15,17). The lowest BCUT2D eigenvalue weighted by atomic mass is 10.2. The van der Waals surface area contributed by atoms with E-state index >= 15 is 0 Å². The van der Waals surface area contributed by atoms with Crippen molar-refractivity contribution in [3.8, 4) is 5.88 Å². The molecule has 18 heavy (non-hydrogen) atoms.